The van der Waals surface area contributed by atoms with E-state index >= 15 is 0 Å². The number of thiophene rings is 1. The van der Waals surface area contributed by atoms with E-state index in [-0.39, 0.29) is 18.4 Å². The van der Waals surface area contributed by atoms with E-state index in [0.29, 0.717) is 12.5 Å². The van der Waals surface area contributed by atoms with Crippen molar-refractivity contribution >= 4 is 27.5 Å². The fourth-order valence-electron chi connectivity index (χ4n) is 4.24. The number of hydrogen-bond acceptors (Lipinski definition) is 6. The summed E-state index contributed by atoms with van der Waals surface area (Å²) in [4.78, 5) is 20.5. The minimum atomic E-state index is 0.0478. The maximum absolute atomic E-state index is 13.3. The lowest BCUT2D eigenvalue weighted by molar-refractivity contribution is 0.174. The van der Waals surface area contributed by atoms with Crippen molar-refractivity contribution in [3.8, 4) is 11.5 Å². The molecule has 0 amide bonds. The Morgan fingerprint density at radius 3 is 2.90 bits per heavy atom. The van der Waals surface area contributed by atoms with Gasteiger partial charge in [0.2, 0.25) is 12.7 Å². The molecule has 0 saturated heterocycles. The van der Waals surface area contributed by atoms with E-state index in [1.165, 1.54) is 16.9 Å². The Labute approximate surface area is 173 Å². The molecule has 1 aromatic carbocycles. The minimum Gasteiger partial charge on any atom is -0.454 e. The molecule has 1 aliphatic heterocycles. The van der Waals surface area contributed by atoms with Crippen molar-refractivity contribution in [3.63, 3.8) is 0 Å². The van der Waals surface area contributed by atoms with Gasteiger partial charge in [-0.3, -0.25) is 9.36 Å². The molecule has 152 valence electrons. The molecule has 1 aliphatic carbocycles. The van der Waals surface area contributed by atoms with Crippen LogP contribution in [0.4, 0.5) is 5.95 Å². The topological polar surface area (TPSA) is 65.4 Å². The number of benzene rings is 1. The summed E-state index contributed by atoms with van der Waals surface area (Å²) >= 11 is 1.70. The van der Waals surface area contributed by atoms with Gasteiger partial charge in [0.1, 0.15) is 4.83 Å². The molecule has 0 fully saturated rings. The number of aromatic nitrogens is 2. The van der Waals surface area contributed by atoms with Gasteiger partial charge in [0.25, 0.3) is 5.56 Å². The summed E-state index contributed by atoms with van der Waals surface area (Å²) in [7, 11) is 0. The fraction of sp³-hybridized carbons (Fsp3) is 0.455. The molecule has 1 N–H and O–H groups in total. The zero-order chi connectivity index (χ0) is 20.0. The van der Waals surface area contributed by atoms with Gasteiger partial charge in [-0.05, 0) is 69.2 Å². The maximum atomic E-state index is 13.3. The largest absolute Gasteiger partial charge is 0.454 e. The first kappa shape index (κ1) is 18.5. The summed E-state index contributed by atoms with van der Waals surface area (Å²) < 4.78 is 12.6. The van der Waals surface area contributed by atoms with E-state index in [2.05, 4.69) is 11.4 Å². The van der Waals surface area contributed by atoms with Crippen LogP contribution in [0.3, 0.4) is 0 Å². The van der Waals surface area contributed by atoms with Crippen LogP contribution in [0, 0.1) is 0 Å². The van der Waals surface area contributed by atoms with Gasteiger partial charge in [-0.1, -0.05) is 6.07 Å². The monoisotopic (exact) mass is 411 g/mol. The van der Waals surface area contributed by atoms with Gasteiger partial charge in [-0.15, -0.1) is 11.3 Å². The van der Waals surface area contributed by atoms with E-state index in [1.807, 2.05) is 30.5 Å². The smallest absolute Gasteiger partial charge is 0.264 e. The Morgan fingerprint density at radius 1 is 1.21 bits per heavy atom. The van der Waals surface area contributed by atoms with Crippen LogP contribution < -0.4 is 20.3 Å². The second-order valence-corrected chi connectivity index (χ2v) is 9.04. The number of anilines is 1. The molecule has 3 aromatic rings. The quantitative estimate of drug-likeness (QED) is 0.678. The lowest BCUT2D eigenvalue weighted by atomic mass is 9.97. The highest BCUT2D eigenvalue weighted by Gasteiger charge is 2.23. The number of rotatable bonds is 5. The third kappa shape index (κ3) is 3.27. The van der Waals surface area contributed by atoms with Crippen molar-refractivity contribution in [2.75, 3.05) is 18.7 Å². The highest BCUT2D eigenvalue weighted by atomic mass is 32.1. The molecule has 0 radical (unpaired) electrons. The molecular formula is C22H25N3O3S. The van der Waals surface area contributed by atoms with Gasteiger partial charge >= 0.3 is 0 Å². The summed E-state index contributed by atoms with van der Waals surface area (Å²) in [6, 6.07) is 6.06. The first-order valence-corrected chi connectivity index (χ1v) is 11.1. The van der Waals surface area contributed by atoms with E-state index in [4.69, 9.17) is 14.5 Å². The molecule has 6 nitrogen and oxygen atoms in total. The third-order valence-electron chi connectivity index (χ3n) is 5.67. The third-order valence-corrected chi connectivity index (χ3v) is 6.86. The standard InChI is InChI=1S/C22H25N3O3S/c1-13(2)25-21(26)19-15-5-3-4-6-18(15)29-20(19)24-22(25)23-10-9-14-7-8-16-17(11-14)28-12-27-16/h7-8,11,13H,3-6,9-10,12H2,1-2H3,(H,23,24). The number of nitrogens with zero attached hydrogens (tertiary/aromatic N) is 2. The Bertz CT molecular complexity index is 1130. The van der Waals surface area contributed by atoms with Gasteiger partial charge in [-0.25, -0.2) is 4.98 Å². The van der Waals surface area contributed by atoms with E-state index < -0.39 is 0 Å². The molecule has 3 heterocycles. The fourth-order valence-corrected chi connectivity index (χ4v) is 5.49. The van der Waals surface area contributed by atoms with E-state index in [1.54, 1.807) is 11.3 Å². The predicted octanol–water partition coefficient (Wildman–Crippen LogP) is 4.30. The van der Waals surface area contributed by atoms with Crippen LogP contribution >= 0.6 is 11.3 Å². The van der Waals surface area contributed by atoms with Crippen LogP contribution in [-0.2, 0) is 19.3 Å². The van der Waals surface area contributed by atoms with Crippen molar-refractivity contribution < 1.29 is 9.47 Å². The molecule has 0 unspecified atom stereocenters. The molecule has 0 bridgehead atoms. The number of nitrogens with one attached hydrogen (secondary N) is 1. The van der Waals surface area contributed by atoms with Crippen LogP contribution in [0.15, 0.2) is 23.0 Å². The number of aryl methyl sites for hydroxylation is 2. The average molecular weight is 412 g/mol. The van der Waals surface area contributed by atoms with Gasteiger partial charge in [0.15, 0.2) is 11.5 Å². The summed E-state index contributed by atoms with van der Waals surface area (Å²) in [6.07, 6.45) is 5.25. The zero-order valence-corrected chi connectivity index (χ0v) is 17.6. The Balaban J connectivity index is 1.43. The summed E-state index contributed by atoms with van der Waals surface area (Å²) in [5, 5.41) is 4.26. The van der Waals surface area contributed by atoms with Crippen LogP contribution in [0.5, 0.6) is 11.5 Å². The van der Waals surface area contributed by atoms with Crippen molar-refractivity contribution in [1.29, 1.82) is 0 Å². The van der Waals surface area contributed by atoms with Crippen molar-refractivity contribution in [2.45, 2.75) is 52.0 Å². The Hall–Kier alpha value is -2.54. The molecule has 0 saturated carbocycles. The first-order valence-electron chi connectivity index (χ1n) is 10.3. The van der Waals surface area contributed by atoms with Crippen LogP contribution in [0.1, 0.15) is 48.7 Å². The van der Waals surface area contributed by atoms with Crippen molar-refractivity contribution in [2.24, 2.45) is 0 Å². The molecule has 2 aliphatic rings. The molecule has 5 rings (SSSR count). The molecule has 7 heteroatoms. The number of hydrogen-bond donors (Lipinski definition) is 1. The molecule has 0 atom stereocenters. The SMILES string of the molecule is CC(C)n1c(NCCc2ccc3c(c2)OCO3)nc2sc3c(c2c1=O)CCCC3. The Morgan fingerprint density at radius 2 is 2.03 bits per heavy atom. The number of fused-ring (bicyclic) bond motifs is 4. The van der Waals surface area contributed by atoms with Gasteiger partial charge in [0, 0.05) is 17.5 Å². The maximum Gasteiger partial charge on any atom is 0.264 e. The Kier molecular flexibility index (Phi) is 4.70. The molecular weight excluding hydrogens is 386 g/mol. The lowest BCUT2D eigenvalue weighted by Gasteiger charge is -2.17. The lowest BCUT2D eigenvalue weighted by Crippen LogP contribution is -2.27. The molecule has 2 aromatic heterocycles. The summed E-state index contributed by atoms with van der Waals surface area (Å²) in [5.41, 5.74) is 2.50. The highest BCUT2D eigenvalue weighted by Crippen LogP contribution is 2.35. The second-order valence-electron chi connectivity index (χ2n) is 7.96. The van der Waals surface area contributed by atoms with Gasteiger partial charge < -0.3 is 14.8 Å². The van der Waals surface area contributed by atoms with Crippen LogP contribution in [-0.4, -0.2) is 22.9 Å². The van der Waals surface area contributed by atoms with E-state index in [0.717, 1.165) is 53.0 Å². The van der Waals surface area contributed by atoms with Crippen molar-refractivity contribution in [1.82, 2.24) is 9.55 Å². The highest BCUT2D eigenvalue weighted by molar-refractivity contribution is 7.18. The van der Waals surface area contributed by atoms with Crippen LogP contribution in [0.2, 0.25) is 0 Å². The number of ether oxygens (including phenoxy) is 2. The first-order chi connectivity index (χ1) is 14.1. The summed E-state index contributed by atoms with van der Waals surface area (Å²) in [6.45, 7) is 5.05. The summed E-state index contributed by atoms with van der Waals surface area (Å²) in [5.74, 6) is 2.26. The second kappa shape index (κ2) is 7.37. The van der Waals surface area contributed by atoms with E-state index in [9.17, 15) is 4.79 Å². The molecule has 29 heavy (non-hydrogen) atoms. The van der Waals surface area contributed by atoms with Gasteiger partial charge in [0.05, 0.1) is 5.39 Å². The average Bonchev–Trinajstić information content (AvgIpc) is 3.31. The molecule has 0 spiro atoms. The normalized spacial score (nSPS) is 15.1. The van der Waals surface area contributed by atoms with Gasteiger partial charge in [-0.2, -0.15) is 0 Å². The van der Waals surface area contributed by atoms with Crippen LogP contribution in [0.25, 0.3) is 10.2 Å². The minimum absolute atomic E-state index is 0.0478. The predicted molar refractivity (Wildman–Crippen MR) is 116 cm³/mol. The zero-order valence-electron chi connectivity index (χ0n) is 16.8. The van der Waals surface area contributed by atoms with Crippen molar-refractivity contribution in [3.05, 3.63) is 44.6 Å².